The molecule has 2 fully saturated rings. The Labute approximate surface area is 109 Å². The zero-order valence-corrected chi connectivity index (χ0v) is 11.2. The summed E-state index contributed by atoms with van der Waals surface area (Å²) < 4.78 is 4.77. The monoisotopic (exact) mass is 253 g/mol. The van der Waals surface area contributed by atoms with Crippen LogP contribution in [-0.2, 0) is 14.3 Å². The van der Waals surface area contributed by atoms with Gasteiger partial charge < -0.3 is 9.64 Å². The number of piperidine rings is 1. The number of amides is 1. The number of hydrogen-bond donors (Lipinski definition) is 0. The molecule has 0 radical (unpaired) electrons. The molecular formula is C14H23NO3. The van der Waals surface area contributed by atoms with Gasteiger partial charge in [-0.3, -0.25) is 9.59 Å². The fourth-order valence-electron chi connectivity index (χ4n) is 3.12. The molecule has 1 saturated heterocycles. The molecule has 0 aromatic rings. The minimum Gasteiger partial charge on any atom is -0.469 e. The molecular weight excluding hydrogens is 230 g/mol. The highest BCUT2D eigenvalue weighted by Gasteiger charge is 2.32. The molecule has 1 amide bonds. The number of esters is 1. The van der Waals surface area contributed by atoms with E-state index in [0.717, 1.165) is 51.6 Å². The number of carbonyl (C=O) groups excluding carboxylic acids is 2. The number of ether oxygens (including phenoxy) is 1. The second-order valence-corrected chi connectivity index (χ2v) is 5.46. The molecule has 0 spiro atoms. The smallest absolute Gasteiger partial charge is 0.308 e. The molecule has 1 aliphatic heterocycles. The van der Waals surface area contributed by atoms with Gasteiger partial charge in [0.1, 0.15) is 0 Å². The summed E-state index contributed by atoms with van der Waals surface area (Å²) >= 11 is 0. The van der Waals surface area contributed by atoms with Crippen LogP contribution in [0, 0.1) is 11.8 Å². The fraction of sp³-hybridized carbons (Fsp3) is 0.857. The van der Waals surface area contributed by atoms with E-state index in [1.807, 2.05) is 4.90 Å². The van der Waals surface area contributed by atoms with Crippen LogP contribution < -0.4 is 0 Å². The van der Waals surface area contributed by atoms with Gasteiger partial charge in [0.05, 0.1) is 13.0 Å². The van der Waals surface area contributed by atoms with E-state index in [2.05, 4.69) is 0 Å². The number of likely N-dealkylation sites (tertiary alicyclic amines) is 1. The third kappa shape index (κ3) is 3.03. The van der Waals surface area contributed by atoms with Gasteiger partial charge in [-0.1, -0.05) is 0 Å². The van der Waals surface area contributed by atoms with Crippen LogP contribution in [0.25, 0.3) is 0 Å². The van der Waals surface area contributed by atoms with Crippen molar-refractivity contribution in [3.8, 4) is 0 Å². The molecule has 1 aliphatic carbocycles. The molecule has 0 aromatic heterocycles. The van der Waals surface area contributed by atoms with E-state index in [-0.39, 0.29) is 17.8 Å². The Bertz CT molecular complexity index is 302. The first-order valence-corrected chi connectivity index (χ1v) is 7.09. The Morgan fingerprint density at radius 3 is 2.06 bits per heavy atom. The zero-order valence-electron chi connectivity index (χ0n) is 11.2. The van der Waals surface area contributed by atoms with Gasteiger partial charge in [0.25, 0.3) is 0 Å². The van der Waals surface area contributed by atoms with Crippen LogP contribution in [0.4, 0.5) is 0 Å². The number of methoxy groups -OCH3 is 1. The molecule has 2 aliphatic rings. The van der Waals surface area contributed by atoms with Crippen molar-refractivity contribution in [2.75, 3.05) is 20.2 Å². The lowest BCUT2D eigenvalue weighted by atomic mass is 9.81. The Morgan fingerprint density at radius 1 is 0.944 bits per heavy atom. The molecule has 0 aromatic carbocycles. The van der Waals surface area contributed by atoms with Gasteiger partial charge in [-0.25, -0.2) is 0 Å². The average Bonchev–Trinajstić information content (AvgIpc) is 2.47. The van der Waals surface area contributed by atoms with Gasteiger partial charge in [0.2, 0.25) is 5.91 Å². The number of rotatable bonds is 2. The van der Waals surface area contributed by atoms with Crippen LogP contribution in [-0.4, -0.2) is 37.0 Å². The maximum Gasteiger partial charge on any atom is 0.308 e. The van der Waals surface area contributed by atoms with Crippen LogP contribution in [0.15, 0.2) is 0 Å². The molecule has 0 atom stereocenters. The van der Waals surface area contributed by atoms with Gasteiger partial charge in [0, 0.05) is 19.0 Å². The second kappa shape index (κ2) is 6.21. The summed E-state index contributed by atoms with van der Waals surface area (Å²) in [4.78, 5) is 25.8. The fourth-order valence-corrected chi connectivity index (χ4v) is 3.12. The van der Waals surface area contributed by atoms with Crippen LogP contribution >= 0.6 is 0 Å². The highest BCUT2D eigenvalue weighted by Crippen LogP contribution is 2.31. The minimum atomic E-state index is -0.112. The van der Waals surface area contributed by atoms with E-state index in [1.54, 1.807) is 0 Å². The maximum atomic E-state index is 12.3. The van der Waals surface area contributed by atoms with E-state index in [0.29, 0.717) is 5.91 Å². The average molecular weight is 253 g/mol. The molecule has 0 N–H and O–H groups in total. The normalized spacial score (nSPS) is 28.8. The van der Waals surface area contributed by atoms with Crippen LogP contribution in [0.5, 0.6) is 0 Å². The summed E-state index contributed by atoms with van der Waals surface area (Å²) in [5.41, 5.74) is 0. The van der Waals surface area contributed by atoms with Crippen molar-refractivity contribution in [2.24, 2.45) is 11.8 Å². The van der Waals surface area contributed by atoms with Crippen molar-refractivity contribution in [3.05, 3.63) is 0 Å². The maximum absolute atomic E-state index is 12.3. The summed E-state index contributed by atoms with van der Waals surface area (Å²) in [6.45, 7) is 1.85. The van der Waals surface area contributed by atoms with E-state index >= 15 is 0 Å². The zero-order chi connectivity index (χ0) is 13.0. The molecule has 2 rings (SSSR count). The predicted molar refractivity (Wildman–Crippen MR) is 67.9 cm³/mol. The number of hydrogen-bond acceptors (Lipinski definition) is 3. The topological polar surface area (TPSA) is 46.6 Å². The molecule has 1 saturated carbocycles. The highest BCUT2D eigenvalue weighted by molar-refractivity contribution is 5.79. The SMILES string of the molecule is COC(=O)C1CCC(C(=O)N2CCCCC2)CC1. The van der Waals surface area contributed by atoms with Crippen molar-refractivity contribution in [1.29, 1.82) is 0 Å². The molecule has 18 heavy (non-hydrogen) atoms. The van der Waals surface area contributed by atoms with Crippen LogP contribution in [0.3, 0.4) is 0 Å². The molecule has 4 nitrogen and oxygen atoms in total. The Balaban J connectivity index is 1.81. The van der Waals surface area contributed by atoms with Gasteiger partial charge in [0.15, 0.2) is 0 Å². The summed E-state index contributed by atoms with van der Waals surface area (Å²) in [5.74, 6) is 0.362. The van der Waals surface area contributed by atoms with E-state index in [4.69, 9.17) is 4.74 Å². The van der Waals surface area contributed by atoms with Gasteiger partial charge in [-0.15, -0.1) is 0 Å². The summed E-state index contributed by atoms with van der Waals surface area (Å²) in [5, 5.41) is 0. The van der Waals surface area contributed by atoms with Crippen molar-refractivity contribution in [3.63, 3.8) is 0 Å². The lowest BCUT2D eigenvalue weighted by Crippen LogP contribution is -2.41. The summed E-state index contributed by atoms with van der Waals surface area (Å²) in [7, 11) is 1.44. The Kier molecular flexibility index (Phi) is 4.61. The standard InChI is InChI=1S/C14H23NO3/c1-18-14(17)12-7-5-11(6-8-12)13(16)15-9-3-2-4-10-15/h11-12H,2-10H2,1H3. The lowest BCUT2D eigenvalue weighted by Gasteiger charge is -2.33. The first-order chi connectivity index (χ1) is 8.72. The van der Waals surface area contributed by atoms with Gasteiger partial charge in [-0.05, 0) is 44.9 Å². The first kappa shape index (κ1) is 13.4. The Morgan fingerprint density at radius 2 is 1.50 bits per heavy atom. The Hall–Kier alpha value is -1.06. The molecule has 0 bridgehead atoms. The molecule has 0 unspecified atom stereocenters. The lowest BCUT2D eigenvalue weighted by molar-refractivity contribution is -0.148. The van der Waals surface area contributed by atoms with Crippen molar-refractivity contribution < 1.29 is 14.3 Å². The predicted octanol–water partition coefficient (Wildman–Crippen LogP) is 1.98. The van der Waals surface area contributed by atoms with Crippen molar-refractivity contribution in [1.82, 2.24) is 4.90 Å². The minimum absolute atomic E-state index is 0.0143. The summed E-state index contributed by atoms with van der Waals surface area (Å²) in [6.07, 6.45) is 6.82. The van der Waals surface area contributed by atoms with Crippen molar-refractivity contribution in [2.45, 2.75) is 44.9 Å². The van der Waals surface area contributed by atoms with Crippen LogP contribution in [0.1, 0.15) is 44.9 Å². The molecule has 1 heterocycles. The van der Waals surface area contributed by atoms with E-state index in [9.17, 15) is 9.59 Å². The molecule has 102 valence electrons. The van der Waals surface area contributed by atoms with E-state index in [1.165, 1.54) is 13.5 Å². The first-order valence-electron chi connectivity index (χ1n) is 7.09. The third-order valence-corrected chi connectivity index (χ3v) is 4.28. The largest absolute Gasteiger partial charge is 0.469 e. The number of nitrogens with zero attached hydrogens (tertiary/aromatic N) is 1. The quantitative estimate of drug-likeness (QED) is 0.707. The number of carbonyl (C=O) groups is 2. The second-order valence-electron chi connectivity index (χ2n) is 5.46. The van der Waals surface area contributed by atoms with Gasteiger partial charge >= 0.3 is 5.97 Å². The third-order valence-electron chi connectivity index (χ3n) is 4.28. The van der Waals surface area contributed by atoms with Crippen molar-refractivity contribution >= 4 is 11.9 Å². The summed E-state index contributed by atoms with van der Waals surface area (Å²) in [6, 6.07) is 0. The van der Waals surface area contributed by atoms with E-state index < -0.39 is 0 Å². The van der Waals surface area contributed by atoms with Crippen LogP contribution in [0.2, 0.25) is 0 Å². The molecule has 4 heteroatoms. The highest BCUT2D eigenvalue weighted by atomic mass is 16.5. The van der Waals surface area contributed by atoms with Gasteiger partial charge in [-0.2, -0.15) is 0 Å².